The van der Waals surface area contributed by atoms with Crippen LogP contribution < -0.4 is 10.3 Å². The van der Waals surface area contributed by atoms with E-state index in [0.717, 1.165) is 12.8 Å². The number of aromatic amines is 1. The summed E-state index contributed by atoms with van der Waals surface area (Å²) in [6, 6.07) is 4.54. The Morgan fingerprint density at radius 1 is 1.10 bits per heavy atom. The van der Waals surface area contributed by atoms with Crippen LogP contribution in [-0.2, 0) is 14.8 Å². The zero-order valence-corrected chi connectivity index (χ0v) is 25.7. The fourth-order valence-electron chi connectivity index (χ4n) is 4.96. The Morgan fingerprint density at radius 2 is 1.76 bits per heavy atom. The van der Waals surface area contributed by atoms with Crippen molar-refractivity contribution < 1.29 is 22.7 Å². The molecule has 3 aromatic rings. The van der Waals surface area contributed by atoms with E-state index in [1.165, 1.54) is 21.3 Å². The Hall–Kier alpha value is -3.45. The summed E-state index contributed by atoms with van der Waals surface area (Å²) in [5.74, 6) is 1.38. The molecule has 0 atom stereocenters. The minimum absolute atomic E-state index is 0.0337. The number of aromatic nitrogens is 4. The van der Waals surface area contributed by atoms with Crippen molar-refractivity contribution in [3.05, 3.63) is 40.1 Å². The van der Waals surface area contributed by atoms with Gasteiger partial charge in [-0.1, -0.05) is 13.8 Å². The SMILES string of the molecule is CCOc1ccc(S(=O)(=O)N2CCN(C(=O)OC(C)(C)C)CC2)cc1-c1nn2c(C(CC)CC)nc(C)c2c(=O)[nH]1. The summed E-state index contributed by atoms with van der Waals surface area (Å²) in [6.07, 6.45) is 1.20. The molecule has 0 spiro atoms. The van der Waals surface area contributed by atoms with E-state index >= 15 is 0 Å². The van der Waals surface area contributed by atoms with E-state index in [0.29, 0.717) is 35.0 Å². The number of fused-ring (bicyclic) bond motifs is 1. The Balaban J connectivity index is 1.71. The normalized spacial score (nSPS) is 15.1. The van der Waals surface area contributed by atoms with Crippen molar-refractivity contribution in [2.24, 2.45) is 0 Å². The number of ether oxygens (including phenoxy) is 2. The molecule has 0 radical (unpaired) electrons. The van der Waals surface area contributed by atoms with E-state index in [-0.39, 0.29) is 48.4 Å². The van der Waals surface area contributed by atoms with Gasteiger partial charge in [-0.15, -0.1) is 5.10 Å². The maximum Gasteiger partial charge on any atom is 0.410 e. The van der Waals surface area contributed by atoms with Gasteiger partial charge in [0, 0.05) is 32.1 Å². The van der Waals surface area contributed by atoms with Crippen LogP contribution in [0.4, 0.5) is 4.79 Å². The molecular formula is C28H40N6O6S. The largest absolute Gasteiger partial charge is 0.493 e. The standard InChI is InChI=1S/C28H40N6O6S/c1-8-19(9-2)25-29-18(4)23-26(35)30-24(31-34(23)25)21-17-20(11-12-22(21)39-10-3)41(37,38)33-15-13-32(14-16-33)27(36)40-28(5,6)7/h11-12,17,19H,8-10,13-16H2,1-7H3,(H,30,31,35). The molecule has 4 rings (SSSR count). The lowest BCUT2D eigenvalue weighted by molar-refractivity contribution is 0.0192. The minimum Gasteiger partial charge on any atom is -0.493 e. The number of carbonyl (C=O) groups excluding carboxylic acids is 1. The number of amides is 1. The molecule has 1 N–H and O–H groups in total. The van der Waals surface area contributed by atoms with E-state index < -0.39 is 21.7 Å². The van der Waals surface area contributed by atoms with Gasteiger partial charge in [-0.2, -0.15) is 4.31 Å². The third-order valence-corrected chi connectivity index (χ3v) is 8.98. The number of carbonyl (C=O) groups is 1. The summed E-state index contributed by atoms with van der Waals surface area (Å²) in [7, 11) is -3.93. The molecule has 12 nitrogen and oxygen atoms in total. The molecule has 0 saturated carbocycles. The van der Waals surface area contributed by atoms with E-state index in [4.69, 9.17) is 14.6 Å². The number of H-pyrrole nitrogens is 1. The summed E-state index contributed by atoms with van der Waals surface area (Å²) in [5, 5.41) is 4.73. The highest BCUT2D eigenvalue weighted by Crippen LogP contribution is 2.32. The van der Waals surface area contributed by atoms with Gasteiger partial charge in [-0.3, -0.25) is 4.79 Å². The van der Waals surface area contributed by atoms with E-state index in [2.05, 4.69) is 23.8 Å². The van der Waals surface area contributed by atoms with Gasteiger partial charge in [0.1, 0.15) is 17.2 Å². The summed E-state index contributed by atoms with van der Waals surface area (Å²) in [5.41, 5.74) is 0.285. The van der Waals surface area contributed by atoms with Crippen molar-refractivity contribution in [2.75, 3.05) is 32.8 Å². The Morgan fingerprint density at radius 3 is 2.34 bits per heavy atom. The molecule has 0 aliphatic carbocycles. The van der Waals surface area contributed by atoms with Gasteiger partial charge >= 0.3 is 6.09 Å². The van der Waals surface area contributed by atoms with Crippen LogP contribution in [0.3, 0.4) is 0 Å². The number of hydrogen-bond donors (Lipinski definition) is 1. The van der Waals surface area contributed by atoms with Gasteiger partial charge in [0.2, 0.25) is 10.0 Å². The summed E-state index contributed by atoms with van der Waals surface area (Å²) in [6.45, 7) is 14.1. The monoisotopic (exact) mass is 588 g/mol. The molecule has 0 bridgehead atoms. The number of imidazole rings is 1. The van der Waals surface area contributed by atoms with Crippen LogP contribution in [0.2, 0.25) is 0 Å². The Bertz CT molecular complexity index is 1580. The third kappa shape index (κ3) is 6.25. The lowest BCUT2D eigenvalue weighted by Crippen LogP contribution is -2.51. The highest BCUT2D eigenvalue weighted by Gasteiger charge is 2.33. The molecule has 224 valence electrons. The van der Waals surface area contributed by atoms with E-state index in [1.807, 2.05) is 6.92 Å². The van der Waals surface area contributed by atoms with Crippen LogP contribution in [-0.4, -0.2) is 81.7 Å². The van der Waals surface area contributed by atoms with Crippen molar-refractivity contribution >= 4 is 21.6 Å². The molecule has 1 aliphatic rings. The summed E-state index contributed by atoms with van der Waals surface area (Å²) in [4.78, 5) is 34.7. The second-order valence-electron chi connectivity index (χ2n) is 11.1. The molecule has 1 amide bonds. The van der Waals surface area contributed by atoms with Crippen LogP contribution in [0.25, 0.3) is 16.9 Å². The zero-order valence-electron chi connectivity index (χ0n) is 24.9. The van der Waals surface area contributed by atoms with Crippen LogP contribution in [0.15, 0.2) is 27.9 Å². The predicted octanol–water partition coefficient (Wildman–Crippen LogP) is 3.94. The lowest BCUT2D eigenvalue weighted by Gasteiger charge is -2.35. The van der Waals surface area contributed by atoms with Crippen LogP contribution in [0, 0.1) is 6.92 Å². The number of nitrogens with one attached hydrogen (secondary N) is 1. The molecule has 0 unspecified atom stereocenters. The minimum atomic E-state index is -3.93. The molecule has 1 aromatic carbocycles. The number of hydrogen-bond acceptors (Lipinski definition) is 8. The number of nitrogens with zero attached hydrogens (tertiary/aromatic N) is 5. The third-order valence-electron chi connectivity index (χ3n) is 7.09. The molecule has 41 heavy (non-hydrogen) atoms. The Kier molecular flexibility index (Phi) is 8.78. The quantitative estimate of drug-likeness (QED) is 0.418. The van der Waals surface area contributed by atoms with Crippen molar-refractivity contribution in [2.45, 2.75) is 77.7 Å². The first-order chi connectivity index (χ1) is 19.3. The van der Waals surface area contributed by atoms with Gasteiger partial charge in [0.25, 0.3) is 5.56 Å². The molecular weight excluding hydrogens is 548 g/mol. The van der Waals surface area contributed by atoms with Gasteiger partial charge in [-0.05, 0) is 65.7 Å². The maximum atomic E-state index is 13.7. The zero-order chi connectivity index (χ0) is 30.1. The van der Waals surface area contributed by atoms with Gasteiger partial charge in [0.15, 0.2) is 11.3 Å². The average Bonchev–Trinajstić information content (AvgIpc) is 3.25. The molecule has 1 aliphatic heterocycles. The first-order valence-electron chi connectivity index (χ1n) is 14.1. The summed E-state index contributed by atoms with van der Waals surface area (Å²) >= 11 is 0. The fourth-order valence-corrected chi connectivity index (χ4v) is 6.40. The van der Waals surface area contributed by atoms with Gasteiger partial charge in [0.05, 0.1) is 22.8 Å². The van der Waals surface area contributed by atoms with Gasteiger partial charge < -0.3 is 19.4 Å². The van der Waals surface area contributed by atoms with E-state index in [1.54, 1.807) is 38.3 Å². The molecule has 2 aromatic heterocycles. The van der Waals surface area contributed by atoms with E-state index in [9.17, 15) is 18.0 Å². The second-order valence-corrected chi connectivity index (χ2v) is 13.0. The van der Waals surface area contributed by atoms with Gasteiger partial charge in [-0.25, -0.2) is 22.7 Å². The molecule has 3 heterocycles. The smallest absolute Gasteiger partial charge is 0.410 e. The topological polar surface area (TPSA) is 139 Å². The Labute approximate surface area is 240 Å². The van der Waals surface area contributed by atoms with Crippen LogP contribution >= 0.6 is 0 Å². The molecule has 1 fully saturated rings. The highest BCUT2D eigenvalue weighted by molar-refractivity contribution is 7.89. The van der Waals surface area contributed by atoms with Crippen molar-refractivity contribution in [1.29, 1.82) is 0 Å². The summed E-state index contributed by atoms with van der Waals surface area (Å²) < 4.78 is 41.5. The number of benzene rings is 1. The van der Waals surface area contributed by atoms with Crippen LogP contribution in [0.1, 0.15) is 71.8 Å². The lowest BCUT2D eigenvalue weighted by atomic mass is 10.0. The van der Waals surface area contributed by atoms with Crippen molar-refractivity contribution in [3.8, 4) is 17.1 Å². The molecule has 1 saturated heterocycles. The van der Waals surface area contributed by atoms with Crippen molar-refractivity contribution in [3.63, 3.8) is 0 Å². The first-order valence-corrected chi connectivity index (χ1v) is 15.5. The number of aryl methyl sites for hydroxylation is 1. The average molecular weight is 589 g/mol. The predicted molar refractivity (Wildman–Crippen MR) is 155 cm³/mol. The highest BCUT2D eigenvalue weighted by atomic mass is 32.2. The first kappa shape index (κ1) is 30.5. The van der Waals surface area contributed by atoms with Crippen molar-refractivity contribution in [1.82, 2.24) is 28.8 Å². The number of piperazine rings is 1. The maximum absolute atomic E-state index is 13.7. The van der Waals surface area contributed by atoms with Crippen LogP contribution in [0.5, 0.6) is 5.75 Å². The number of rotatable bonds is 8. The molecule has 13 heteroatoms. The second kappa shape index (κ2) is 11.8. The number of sulfonamides is 1. The fraction of sp³-hybridized carbons (Fsp3) is 0.571.